The summed E-state index contributed by atoms with van der Waals surface area (Å²) in [6.07, 6.45) is 9.88. The topological polar surface area (TPSA) is 0 Å². The van der Waals surface area contributed by atoms with Gasteiger partial charge in [0, 0.05) is 0 Å². The maximum absolute atomic E-state index is 2.54. The number of alkyl halides is 1. The molecule has 0 N–H and O–H groups in total. The molecule has 0 saturated heterocycles. The lowest BCUT2D eigenvalue weighted by Gasteiger charge is -2.26. The Morgan fingerprint density at radius 3 is 2.64 bits per heavy atom. The SMILES string of the molecule is Cc1ccccc1C1(I)C=CC=CC1. The van der Waals surface area contributed by atoms with E-state index in [4.69, 9.17) is 0 Å². The van der Waals surface area contributed by atoms with E-state index in [-0.39, 0.29) is 3.42 Å². The van der Waals surface area contributed by atoms with E-state index in [9.17, 15) is 0 Å². The molecule has 0 saturated carbocycles. The predicted molar refractivity (Wildman–Crippen MR) is 69.8 cm³/mol. The predicted octanol–water partition coefficient (Wildman–Crippen LogP) is 4.14. The summed E-state index contributed by atoms with van der Waals surface area (Å²) in [5.41, 5.74) is 2.81. The molecule has 1 unspecified atom stereocenters. The average molecular weight is 296 g/mol. The molecule has 0 aliphatic heterocycles. The molecule has 1 heteroatoms. The van der Waals surface area contributed by atoms with Crippen LogP contribution in [0.3, 0.4) is 0 Å². The third-order valence-electron chi connectivity index (χ3n) is 2.62. The molecule has 0 fully saturated rings. The lowest BCUT2D eigenvalue weighted by Crippen LogP contribution is -2.16. The summed E-state index contributed by atoms with van der Waals surface area (Å²) in [5.74, 6) is 0. The van der Waals surface area contributed by atoms with Crippen LogP contribution in [0.2, 0.25) is 0 Å². The van der Waals surface area contributed by atoms with Gasteiger partial charge in [-0.2, -0.15) is 0 Å². The van der Waals surface area contributed by atoms with E-state index in [2.05, 4.69) is 78.1 Å². The van der Waals surface area contributed by atoms with Gasteiger partial charge in [0.1, 0.15) is 0 Å². The summed E-state index contributed by atoms with van der Waals surface area (Å²) in [7, 11) is 0. The maximum Gasteiger partial charge on any atom is 0.0689 e. The summed E-state index contributed by atoms with van der Waals surface area (Å²) in [5, 5.41) is 0. The number of rotatable bonds is 1. The molecule has 1 aliphatic carbocycles. The van der Waals surface area contributed by atoms with E-state index >= 15 is 0 Å². The first-order chi connectivity index (χ1) is 6.72. The third kappa shape index (κ3) is 1.78. The van der Waals surface area contributed by atoms with Gasteiger partial charge in [-0.3, -0.25) is 0 Å². The molecular formula is C13H13I. The van der Waals surface area contributed by atoms with E-state index in [1.807, 2.05) is 0 Å². The van der Waals surface area contributed by atoms with Crippen molar-refractivity contribution in [3.63, 3.8) is 0 Å². The molecule has 0 amide bonds. The minimum atomic E-state index is 0.165. The van der Waals surface area contributed by atoms with Crippen molar-refractivity contribution in [2.45, 2.75) is 16.8 Å². The Bertz CT molecular complexity index is 390. The van der Waals surface area contributed by atoms with E-state index in [1.54, 1.807) is 0 Å². The molecule has 14 heavy (non-hydrogen) atoms. The first-order valence-corrected chi connectivity index (χ1v) is 5.90. The van der Waals surface area contributed by atoms with Crippen LogP contribution in [-0.2, 0) is 3.42 Å². The molecule has 0 radical (unpaired) electrons. The van der Waals surface area contributed by atoms with Crippen molar-refractivity contribution in [3.05, 3.63) is 59.7 Å². The Morgan fingerprint density at radius 1 is 1.21 bits per heavy atom. The number of allylic oxidation sites excluding steroid dienone is 4. The highest BCUT2D eigenvalue weighted by atomic mass is 127. The van der Waals surface area contributed by atoms with Crippen molar-refractivity contribution in [2.75, 3.05) is 0 Å². The number of hydrogen-bond donors (Lipinski definition) is 0. The normalized spacial score (nSPS) is 25.3. The van der Waals surface area contributed by atoms with Crippen LogP contribution in [-0.4, -0.2) is 0 Å². The molecule has 72 valence electrons. The van der Waals surface area contributed by atoms with Crippen molar-refractivity contribution < 1.29 is 0 Å². The number of benzene rings is 1. The average Bonchev–Trinajstić information content (AvgIpc) is 2.19. The van der Waals surface area contributed by atoms with Crippen LogP contribution in [0.1, 0.15) is 17.5 Å². The van der Waals surface area contributed by atoms with E-state index in [0.29, 0.717) is 0 Å². The van der Waals surface area contributed by atoms with Gasteiger partial charge in [0.05, 0.1) is 3.42 Å². The van der Waals surface area contributed by atoms with E-state index in [1.165, 1.54) is 11.1 Å². The minimum Gasteiger partial charge on any atom is -0.0826 e. The van der Waals surface area contributed by atoms with Crippen LogP contribution in [0.25, 0.3) is 0 Å². The Kier molecular flexibility index (Phi) is 2.77. The molecular weight excluding hydrogens is 283 g/mol. The van der Waals surface area contributed by atoms with Gasteiger partial charge in [0.2, 0.25) is 0 Å². The zero-order valence-corrected chi connectivity index (χ0v) is 10.4. The minimum absolute atomic E-state index is 0.165. The van der Waals surface area contributed by atoms with E-state index < -0.39 is 0 Å². The van der Waals surface area contributed by atoms with Crippen LogP contribution in [0.4, 0.5) is 0 Å². The van der Waals surface area contributed by atoms with Gasteiger partial charge in [-0.25, -0.2) is 0 Å². The van der Waals surface area contributed by atoms with Crippen molar-refractivity contribution in [1.82, 2.24) is 0 Å². The van der Waals surface area contributed by atoms with Crippen LogP contribution in [0.5, 0.6) is 0 Å². The molecule has 0 aromatic heterocycles. The fourth-order valence-electron chi connectivity index (χ4n) is 1.83. The fraction of sp³-hybridized carbons (Fsp3) is 0.231. The van der Waals surface area contributed by atoms with Crippen LogP contribution in [0.15, 0.2) is 48.6 Å². The summed E-state index contributed by atoms with van der Waals surface area (Å²) in [6.45, 7) is 2.18. The highest BCUT2D eigenvalue weighted by Gasteiger charge is 2.26. The van der Waals surface area contributed by atoms with Crippen LogP contribution < -0.4 is 0 Å². The maximum atomic E-state index is 2.54. The van der Waals surface area contributed by atoms with Gasteiger partial charge >= 0.3 is 0 Å². The lowest BCUT2D eigenvalue weighted by atomic mass is 9.89. The monoisotopic (exact) mass is 296 g/mol. The smallest absolute Gasteiger partial charge is 0.0689 e. The Hall–Kier alpha value is -0.570. The van der Waals surface area contributed by atoms with Gasteiger partial charge < -0.3 is 0 Å². The number of aryl methyl sites for hydroxylation is 1. The molecule has 0 heterocycles. The molecule has 0 bridgehead atoms. The fourth-order valence-corrected chi connectivity index (χ4v) is 2.90. The van der Waals surface area contributed by atoms with Crippen LogP contribution >= 0.6 is 22.6 Å². The van der Waals surface area contributed by atoms with Crippen LogP contribution in [0, 0.1) is 6.92 Å². The van der Waals surface area contributed by atoms with Gasteiger partial charge in [-0.1, -0.05) is 71.2 Å². The molecule has 0 nitrogen and oxygen atoms in total. The first kappa shape index (κ1) is 9.97. The van der Waals surface area contributed by atoms with Gasteiger partial charge in [0.25, 0.3) is 0 Å². The molecule has 1 aromatic rings. The Balaban J connectivity index is 2.44. The first-order valence-electron chi connectivity index (χ1n) is 4.82. The summed E-state index contributed by atoms with van der Waals surface area (Å²) in [4.78, 5) is 0. The molecule has 2 rings (SSSR count). The molecule has 1 aliphatic rings. The zero-order chi connectivity index (χ0) is 10.0. The number of hydrogen-bond acceptors (Lipinski definition) is 0. The van der Waals surface area contributed by atoms with Crippen molar-refractivity contribution in [2.24, 2.45) is 0 Å². The van der Waals surface area contributed by atoms with Crippen molar-refractivity contribution in [1.29, 1.82) is 0 Å². The highest BCUT2D eigenvalue weighted by Crippen LogP contribution is 2.40. The third-order valence-corrected chi connectivity index (χ3v) is 4.00. The van der Waals surface area contributed by atoms with Gasteiger partial charge in [0.15, 0.2) is 0 Å². The molecule has 1 atom stereocenters. The van der Waals surface area contributed by atoms with Gasteiger partial charge in [-0.15, -0.1) is 0 Å². The molecule has 1 aromatic carbocycles. The lowest BCUT2D eigenvalue weighted by molar-refractivity contribution is 0.810. The zero-order valence-electron chi connectivity index (χ0n) is 8.20. The highest BCUT2D eigenvalue weighted by molar-refractivity contribution is 14.1. The van der Waals surface area contributed by atoms with Crippen molar-refractivity contribution >= 4 is 22.6 Å². The second-order valence-electron chi connectivity index (χ2n) is 3.67. The standard InChI is InChI=1S/C13H13I/c1-11-7-3-4-8-12(11)13(14)9-5-2-6-10-13/h2-9H,10H2,1H3. The molecule has 0 spiro atoms. The second-order valence-corrected chi connectivity index (χ2v) is 5.59. The Labute approximate surface area is 98.9 Å². The van der Waals surface area contributed by atoms with Gasteiger partial charge in [-0.05, 0) is 24.5 Å². The Morgan fingerprint density at radius 2 is 2.00 bits per heavy atom. The largest absolute Gasteiger partial charge is 0.0826 e. The summed E-state index contributed by atoms with van der Waals surface area (Å²) < 4.78 is 0.165. The summed E-state index contributed by atoms with van der Waals surface area (Å²) in [6, 6.07) is 8.63. The quantitative estimate of drug-likeness (QED) is 0.539. The number of halogens is 1. The second kappa shape index (κ2) is 3.89. The summed E-state index contributed by atoms with van der Waals surface area (Å²) >= 11 is 2.54. The van der Waals surface area contributed by atoms with E-state index in [0.717, 1.165) is 6.42 Å². The van der Waals surface area contributed by atoms with Crippen molar-refractivity contribution in [3.8, 4) is 0 Å².